The van der Waals surface area contributed by atoms with Crippen molar-refractivity contribution in [2.45, 2.75) is 109 Å². The summed E-state index contributed by atoms with van der Waals surface area (Å²) in [5.74, 6) is -0.782. The zero-order chi connectivity index (χ0) is 29.9. The topological polar surface area (TPSA) is 118 Å². The van der Waals surface area contributed by atoms with Gasteiger partial charge in [0.2, 0.25) is 11.8 Å². The highest BCUT2D eigenvalue weighted by molar-refractivity contribution is 5.97. The molecule has 1 saturated carbocycles. The Morgan fingerprint density at radius 1 is 0.929 bits per heavy atom. The monoisotopic (exact) mass is 580 g/mol. The van der Waals surface area contributed by atoms with Gasteiger partial charge in [-0.1, -0.05) is 76.3 Å². The fourth-order valence-corrected chi connectivity index (χ4v) is 6.39. The van der Waals surface area contributed by atoms with Crippen molar-refractivity contribution in [1.82, 2.24) is 10.6 Å². The number of furan rings is 1. The van der Waals surface area contributed by atoms with Crippen LogP contribution in [0.5, 0.6) is 0 Å². The number of amides is 2. The molecule has 2 fully saturated rings. The van der Waals surface area contributed by atoms with Gasteiger partial charge in [-0.3, -0.25) is 14.4 Å². The van der Waals surface area contributed by atoms with Gasteiger partial charge in [-0.2, -0.15) is 0 Å². The molecule has 1 aromatic heterocycles. The number of benzene rings is 1. The summed E-state index contributed by atoms with van der Waals surface area (Å²) in [6.45, 7) is 4.64. The predicted molar refractivity (Wildman–Crippen MR) is 161 cm³/mol. The second-order valence-electron chi connectivity index (χ2n) is 12.6. The van der Waals surface area contributed by atoms with Gasteiger partial charge in [-0.05, 0) is 61.6 Å². The molecule has 1 aromatic carbocycles. The first-order valence-corrected chi connectivity index (χ1v) is 15.8. The summed E-state index contributed by atoms with van der Waals surface area (Å²) in [4.78, 5) is 40.5. The third-order valence-electron chi connectivity index (χ3n) is 8.66. The van der Waals surface area contributed by atoms with Gasteiger partial charge in [0.15, 0.2) is 11.5 Å². The van der Waals surface area contributed by atoms with Crippen molar-refractivity contribution < 1.29 is 28.6 Å². The summed E-state index contributed by atoms with van der Waals surface area (Å²) in [7, 11) is 0. The van der Waals surface area contributed by atoms with Crippen molar-refractivity contribution in [3.8, 4) is 0 Å². The molecule has 0 spiro atoms. The van der Waals surface area contributed by atoms with Crippen molar-refractivity contribution in [2.75, 3.05) is 6.61 Å². The number of hydrogen-bond donors (Lipinski definition) is 3. The molecule has 1 aliphatic carbocycles. The lowest BCUT2D eigenvalue weighted by atomic mass is 9.82. The minimum atomic E-state index is -0.800. The number of ether oxygens (including phenoxy) is 1. The SMILES string of the molecule is CC(C)C[C@H](NC(=O)[C@@H](CC(=O)c1ccco1)Cc1ccccc1)C(=O)N[C@@H](CC1CCCCC1)[C@@H](O)[C@@H]1CCCO1. The van der Waals surface area contributed by atoms with Crippen LogP contribution in [0.25, 0.3) is 0 Å². The van der Waals surface area contributed by atoms with E-state index in [2.05, 4.69) is 10.6 Å². The zero-order valence-corrected chi connectivity index (χ0v) is 25.1. The highest BCUT2D eigenvalue weighted by Crippen LogP contribution is 2.30. The average Bonchev–Trinajstić information content (AvgIpc) is 3.72. The molecule has 0 unspecified atom stereocenters. The average molecular weight is 581 g/mol. The highest BCUT2D eigenvalue weighted by atomic mass is 16.5. The first-order chi connectivity index (χ1) is 20.3. The molecule has 1 aliphatic heterocycles. The number of carbonyl (C=O) groups excluding carboxylic acids is 3. The summed E-state index contributed by atoms with van der Waals surface area (Å²) in [5, 5.41) is 17.4. The molecule has 230 valence electrons. The molecule has 1 saturated heterocycles. The maximum atomic E-state index is 13.8. The molecular formula is C34H48N2O6. The molecule has 2 amide bonds. The molecule has 42 heavy (non-hydrogen) atoms. The summed E-state index contributed by atoms with van der Waals surface area (Å²) in [6, 6.07) is 11.6. The number of ketones is 1. The Labute approximate surface area is 250 Å². The van der Waals surface area contributed by atoms with Gasteiger partial charge in [-0.25, -0.2) is 0 Å². The van der Waals surface area contributed by atoms with E-state index in [4.69, 9.17) is 9.15 Å². The van der Waals surface area contributed by atoms with Gasteiger partial charge in [0.05, 0.1) is 18.4 Å². The second kappa shape index (κ2) is 16.0. The van der Waals surface area contributed by atoms with E-state index >= 15 is 0 Å². The predicted octanol–water partition coefficient (Wildman–Crippen LogP) is 5.24. The van der Waals surface area contributed by atoms with Crippen molar-refractivity contribution >= 4 is 17.6 Å². The number of rotatable bonds is 15. The third-order valence-corrected chi connectivity index (χ3v) is 8.66. The number of nitrogens with one attached hydrogen (secondary N) is 2. The molecule has 2 heterocycles. The Bertz CT molecular complexity index is 1110. The second-order valence-corrected chi connectivity index (χ2v) is 12.6. The number of carbonyl (C=O) groups is 3. The van der Waals surface area contributed by atoms with E-state index in [0.717, 1.165) is 31.2 Å². The fourth-order valence-electron chi connectivity index (χ4n) is 6.39. The van der Waals surface area contributed by atoms with Crippen molar-refractivity contribution in [3.05, 3.63) is 60.1 Å². The van der Waals surface area contributed by atoms with Crippen LogP contribution >= 0.6 is 0 Å². The first-order valence-electron chi connectivity index (χ1n) is 15.8. The van der Waals surface area contributed by atoms with Crippen molar-refractivity contribution in [3.63, 3.8) is 0 Å². The van der Waals surface area contributed by atoms with Crippen molar-refractivity contribution in [2.24, 2.45) is 17.8 Å². The molecule has 8 nitrogen and oxygen atoms in total. The van der Waals surface area contributed by atoms with Crippen LogP contribution in [0.3, 0.4) is 0 Å². The molecule has 8 heteroatoms. The van der Waals surface area contributed by atoms with Crippen LogP contribution in [-0.2, 0) is 20.7 Å². The molecule has 2 aromatic rings. The lowest BCUT2D eigenvalue weighted by molar-refractivity contribution is -0.132. The van der Waals surface area contributed by atoms with Crippen LogP contribution in [0.4, 0.5) is 0 Å². The van der Waals surface area contributed by atoms with E-state index < -0.39 is 24.1 Å². The van der Waals surface area contributed by atoms with Gasteiger partial charge >= 0.3 is 0 Å². The van der Waals surface area contributed by atoms with Gasteiger partial charge in [0, 0.05) is 18.9 Å². The molecule has 5 atom stereocenters. The molecule has 4 rings (SSSR count). The zero-order valence-electron chi connectivity index (χ0n) is 25.1. The Morgan fingerprint density at radius 2 is 1.69 bits per heavy atom. The largest absolute Gasteiger partial charge is 0.461 e. The Hall–Kier alpha value is -2.97. The van der Waals surface area contributed by atoms with E-state index in [1.165, 1.54) is 25.5 Å². The van der Waals surface area contributed by atoms with E-state index in [1.807, 2.05) is 44.2 Å². The summed E-state index contributed by atoms with van der Waals surface area (Å²) in [6.07, 6.45) is 9.26. The standard InChI is InChI=1S/C34H48N2O6/c1-23(2)19-28(34(40)35-27(21-25-13-7-4-8-14-25)32(38)31-16-10-18-42-31)36-33(39)26(20-24-11-5-3-6-12-24)22-29(37)30-15-9-17-41-30/h3,5-6,9,11-12,15,17,23,25-28,31-32,38H,4,7-8,10,13-14,16,18-22H2,1-2H3,(H,35,40)(H,36,39)/t26-,27+,28+,31+,32-/m1/s1. The lowest BCUT2D eigenvalue weighted by Gasteiger charge is -2.33. The Kier molecular flexibility index (Phi) is 12.2. The molecule has 3 N–H and O–H groups in total. The maximum Gasteiger partial charge on any atom is 0.242 e. The minimum Gasteiger partial charge on any atom is -0.461 e. The van der Waals surface area contributed by atoms with E-state index in [9.17, 15) is 19.5 Å². The van der Waals surface area contributed by atoms with Crippen LogP contribution in [0.2, 0.25) is 0 Å². The van der Waals surface area contributed by atoms with Crippen LogP contribution in [0.15, 0.2) is 53.1 Å². The lowest BCUT2D eigenvalue weighted by Crippen LogP contribution is -2.56. The van der Waals surface area contributed by atoms with E-state index in [1.54, 1.807) is 12.1 Å². The van der Waals surface area contributed by atoms with Gasteiger partial charge < -0.3 is 24.9 Å². The maximum absolute atomic E-state index is 13.8. The van der Waals surface area contributed by atoms with Crippen LogP contribution in [-0.4, -0.2) is 53.6 Å². The van der Waals surface area contributed by atoms with Gasteiger partial charge in [-0.15, -0.1) is 0 Å². The van der Waals surface area contributed by atoms with Crippen LogP contribution < -0.4 is 10.6 Å². The van der Waals surface area contributed by atoms with Crippen LogP contribution in [0, 0.1) is 17.8 Å². The summed E-state index contributed by atoms with van der Waals surface area (Å²) in [5.41, 5.74) is 0.932. The number of Topliss-reactive ketones (excluding diaryl/α,β-unsaturated/α-hetero) is 1. The smallest absolute Gasteiger partial charge is 0.242 e. The van der Waals surface area contributed by atoms with Gasteiger partial charge in [0.25, 0.3) is 0 Å². The third kappa shape index (κ3) is 9.53. The molecule has 0 bridgehead atoms. The highest BCUT2D eigenvalue weighted by Gasteiger charge is 2.36. The normalized spacial score (nSPS) is 20.5. The van der Waals surface area contributed by atoms with E-state index in [0.29, 0.717) is 31.8 Å². The van der Waals surface area contributed by atoms with E-state index in [-0.39, 0.29) is 41.8 Å². The number of hydrogen-bond acceptors (Lipinski definition) is 6. The minimum absolute atomic E-state index is 0.0354. The quantitative estimate of drug-likeness (QED) is 0.248. The molecule has 2 aliphatic rings. The first kappa shape index (κ1) is 32.0. The fraction of sp³-hybridized carbons (Fsp3) is 0.618. The van der Waals surface area contributed by atoms with Crippen molar-refractivity contribution in [1.29, 1.82) is 0 Å². The summed E-state index contributed by atoms with van der Waals surface area (Å²) < 4.78 is 11.1. The van der Waals surface area contributed by atoms with Crippen LogP contribution in [0.1, 0.15) is 94.2 Å². The Morgan fingerprint density at radius 3 is 2.33 bits per heavy atom. The van der Waals surface area contributed by atoms with Gasteiger partial charge in [0.1, 0.15) is 12.1 Å². The molecule has 0 radical (unpaired) electrons. The number of aliphatic hydroxyl groups is 1. The molecular weight excluding hydrogens is 532 g/mol. The Balaban J connectivity index is 1.49. The number of aliphatic hydroxyl groups excluding tert-OH is 1. The summed E-state index contributed by atoms with van der Waals surface area (Å²) >= 11 is 0.